The third-order valence-corrected chi connectivity index (χ3v) is 5.66. The van der Waals surface area contributed by atoms with Crippen LogP contribution in [0.25, 0.3) is 0 Å². The Labute approximate surface area is 137 Å². The van der Waals surface area contributed by atoms with Crippen LogP contribution in [0.3, 0.4) is 0 Å². The number of carbonyl (C=O) groups excluding carboxylic acids is 1. The standard InChI is InChI=1S/C11H13Cl3NO3PS/c1-6(2)18-11(16)5-15-19(17)20-10-4-8(13)7(12)3-9(10)14/h3-4,6,15,17H,5H2,1-2H3. The van der Waals surface area contributed by atoms with Crippen LogP contribution < -0.4 is 5.09 Å². The Hall–Kier alpha value is 0.260. The maximum Gasteiger partial charge on any atom is 0.320 e. The summed E-state index contributed by atoms with van der Waals surface area (Å²) in [6.45, 7) is 3.43. The van der Waals surface area contributed by atoms with E-state index in [1.807, 2.05) is 0 Å². The average Bonchev–Trinajstić information content (AvgIpc) is 2.32. The van der Waals surface area contributed by atoms with Crippen LogP contribution >= 0.6 is 53.7 Å². The summed E-state index contributed by atoms with van der Waals surface area (Å²) < 4.78 is 4.93. The molecular formula is C11H13Cl3NO3PS. The van der Waals surface area contributed by atoms with E-state index in [4.69, 9.17) is 39.5 Å². The van der Waals surface area contributed by atoms with Crippen molar-refractivity contribution in [3.63, 3.8) is 0 Å². The maximum atomic E-state index is 11.3. The average molecular weight is 377 g/mol. The van der Waals surface area contributed by atoms with Crippen molar-refractivity contribution in [2.45, 2.75) is 24.8 Å². The lowest BCUT2D eigenvalue weighted by Crippen LogP contribution is -2.22. The number of nitrogens with one attached hydrogen (secondary N) is 1. The van der Waals surface area contributed by atoms with E-state index < -0.39 is 13.5 Å². The lowest BCUT2D eigenvalue weighted by Gasteiger charge is -2.13. The van der Waals surface area contributed by atoms with E-state index >= 15 is 0 Å². The zero-order valence-corrected chi connectivity index (χ0v) is 14.7. The highest BCUT2D eigenvalue weighted by molar-refractivity contribution is 8.53. The van der Waals surface area contributed by atoms with Gasteiger partial charge in [0, 0.05) is 4.90 Å². The van der Waals surface area contributed by atoms with E-state index in [2.05, 4.69) is 5.09 Å². The molecule has 0 spiro atoms. The maximum absolute atomic E-state index is 11.3. The number of halogens is 3. The number of ether oxygens (including phenoxy) is 1. The van der Waals surface area contributed by atoms with Crippen molar-refractivity contribution in [1.82, 2.24) is 5.09 Å². The van der Waals surface area contributed by atoms with Crippen molar-refractivity contribution in [2.75, 3.05) is 6.54 Å². The fourth-order valence-corrected chi connectivity index (χ4v) is 4.26. The fourth-order valence-electron chi connectivity index (χ4n) is 1.14. The van der Waals surface area contributed by atoms with Gasteiger partial charge in [-0.3, -0.25) is 9.88 Å². The highest BCUT2D eigenvalue weighted by atomic mass is 35.5. The van der Waals surface area contributed by atoms with Crippen LogP contribution in [0.15, 0.2) is 17.0 Å². The van der Waals surface area contributed by atoms with Gasteiger partial charge >= 0.3 is 5.97 Å². The van der Waals surface area contributed by atoms with Crippen LogP contribution in [-0.4, -0.2) is 23.5 Å². The molecule has 0 fully saturated rings. The van der Waals surface area contributed by atoms with Crippen molar-refractivity contribution in [1.29, 1.82) is 0 Å². The Balaban J connectivity index is 2.52. The minimum atomic E-state index is -1.67. The molecule has 2 N–H and O–H groups in total. The summed E-state index contributed by atoms with van der Waals surface area (Å²) in [6, 6.07) is 3.07. The van der Waals surface area contributed by atoms with E-state index in [-0.39, 0.29) is 12.6 Å². The van der Waals surface area contributed by atoms with Crippen molar-refractivity contribution in [3.05, 3.63) is 27.2 Å². The lowest BCUT2D eigenvalue weighted by molar-refractivity contribution is -0.145. The van der Waals surface area contributed by atoms with Crippen LogP contribution in [0.5, 0.6) is 0 Å². The largest absolute Gasteiger partial charge is 0.462 e. The molecule has 0 amide bonds. The molecule has 4 nitrogen and oxygen atoms in total. The summed E-state index contributed by atoms with van der Waals surface area (Å²) in [4.78, 5) is 21.7. The van der Waals surface area contributed by atoms with Gasteiger partial charge in [0.15, 0.2) is 7.50 Å². The van der Waals surface area contributed by atoms with E-state index in [1.54, 1.807) is 19.9 Å². The molecule has 1 unspecified atom stereocenters. The lowest BCUT2D eigenvalue weighted by atomic mass is 10.4. The molecule has 9 heteroatoms. The van der Waals surface area contributed by atoms with Crippen LogP contribution in [0, 0.1) is 0 Å². The summed E-state index contributed by atoms with van der Waals surface area (Å²) in [5.41, 5.74) is 0. The van der Waals surface area contributed by atoms with Gasteiger partial charge in [-0.15, -0.1) is 0 Å². The predicted molar refractivity (Wildman–Crippen MR) is 85.7 cm³/mol. The second-order valence-corrected chi connectivity index (χ2v) is 8.23. The van der Waals surface area contributed by atoms with E-state index in [1.165, 1.54) is 6.07 Å². The first-order valence-corrected chi connectivity index (χ1v) is 9.39. The topological polar surface area (TPSA) is 58.6 Å². The summed E-state index contributed by atoms with van der Waals surface area (Å²) in [5.74, 6) is -0.428. The number of hydrogen-bond acceptors (Lipinski definition) is 5. The van der Waals surface area contributed by atoms with Crippen LogP contribution in [0.2, 0.25) is 15.1 Å². The van der Waals surface area contributed by atoms with Gasteiger partial charge in [-0.1, -0.05) is 46.2 Å². The first-order chi connectivity index (χ1) is 9.29. The third-order valence-electron chi connectivity index (χ3n) is 1.89. The molecule has 0 saturated carbocycles. The van der Waals surface area contributed by atoms with Crippen LogP contribution in [0.1, 0.15) is 13.8 Å². The summed E-state index contributed by atoms with van der Waals surface area (Å²) in [7, 11) is -1.67. The number of benzene rings is 1. The summed E-state index contributed by atoms with van der Waals surface area (Å²) >= 11 is 18.8. The van der Waals surface area contributed by atoms with Gasteiger partial charge in [-0.25, -0.2) is 0 Å². The van der Waals surface area contributed by atoms with Gasteiger partial charge in [-0.05, 0) is 26.0 Å². The molecule has 0 aliphatic carbocycles. The predicted octanol–water partition coefficient (Wildman–Crippen LogP) is 4.50. The fraction of sp³-hybridized carbons (Fsp3) is 0.364. The van der Waals surface area contributed by atoms with Crippen molar-refractivity contribution < 1.29 is 14.4 Å². The van der Waals surface area contributed by atoms with Crippen molar-refractivity contribution in [2.24, 2.45) is 0 Å². The van der Waals surface area contributed by atoms with Gasteiger partial charge in [0.1, 0.15) is 0 Å². The Kier molecular flexibility index (Phi) is 7.91. The van der Waals surface area contributed by atoms with Gasteiger partial charge in [0.2, 0.25) is 0 Å². The quantitative estimate of drug-likeness (QED) is 0.435. The second kappa shape index (κ2) is 8.64. The van der Waals surface area contributed by atoms with Crippen molar-refractivity contribution >= 4 is 59.7 Å². The molecule has 1 aromatic carbocycles. The zero-order chi connectivity index (χ0) is 15.3. The number of carbonyl (C=O) groups is 1. The van der Waals surface area contributed by atoms with Gasteiger partial charge in [0.25, 0.3) is 0 Å². The summed E-state index contributed by atoms with van der Waals surface area (Å²) in [5, 5.41) is 3.75. The van der Waals surface area contributed by atoms with Gasteiger partial charge in [-0.2, -0.15) is 0 Å². The molecular weight excluding hydrogens is 364 g/mol. The normalized spacial score (nSPS) is 12.6. The molecule has 0 aliphatic rings. The van der Waals surface area contributed by atoms with Gasteiger partial charge < -0.3 is 9.63 Å². The molecule has 0 bridgehead atoms. The minimum absolute atomic E-state index is 0.0771. The van der Waals surface area contributed by atoms with Crippen LogP contribution in [0.4, 0.5) is 0 Å². The molecule has 0 heterocycles. The van der Waals surface area contributed by atoms with E-state index in [0.717, 1.165) is 11.4 Å². The first-order valence-electron chi connectivity index (χ1n) is 5.54. The van der Waals surface area contributed by atoms with E-state index in [0.29, 0.717) is 20.0 Å². The zero-order valence-electron chi connectivity index (χ0n) is 10.7. The smallest absolute Gasteiger partial charge is 0.320 e. The molecule has 1 aromatic rings. The number of esters is 1. The highest BCUT2D eigenvalue weighted by Gasteiger charge is 2.14. The molecule has 1 atom stereocenters. The Morgan fingerprint density at radius 1 is 1.35 bits per heavy atom. The molecule has 0 saturated heterocycles. The highest BCUT2D eigenvalue weighted by Crippen LogP contribution is 2.50. The minimum Gasteiger partial charge on any atom is -0.462 e. The molecule has 0 radical (unpaired) electrons. The van der Waals surface area contributed by atoms with Crippen LogP contribution in [-0.2, 0) is 9.53 Å². The van der Waals surface area contributed by atoms with Gasteiger partial charge in [0.05, 0.1) is 27.7 Å². The monoisotopic (exact) mass is 375 g/mol. The van der Waals surface area contributed by atoms with Crippen molar-refractivity contribution in [3.8, 4) is 0 Å². The second-order valence-electron chi connectivity index (χ2n) is 3.93. The molecule has 0 aliphatic heterocycles. The van der Waals surface area contributed by atoms with E-state index in [9.17, 15) is 9.69 Å². The molecule has 20 heavy (non-hydrogen) atoms. The Bertz CT molecular complexity index is 490. The Morgan fingerprint density at radius 2 is 1.95 bits per heavy atom. The first kappa shape index (κ1) is 18.3. The Morgan fingerprint density at radius 3 is 2.55 bits per heavy atom. The number of hydrogen-bond donors (Lipinski definition) is 2. The molecule has 0 aromatic heterocycles. The number of rotatable bonds is 6. The molecule has 112 valence electrons. The third kappa shape index (κ3) is 6.35. The SMILES string of the molecule is CC(C)OC(=O)CNP(O)Sc1cc(Cl)c(Cl)cc1Cl. The summed E-state index contributed by atoms with van der Waals surface area (Å²) in [6.07, 6.45) is -0.189. The molecule has 1 rings (SSSR count).